The van der Waals surface area contributed by atoms with Crippen LogP contribution in [0.25, 0.3) is 0 Å². The summed E-state index contributed by atoms with van der Waals surface area (Å²) < 4.78 is 0. The van der Waals surface area contributed by atoms with E-state index in [1.807, 2.05) is 43.3 Å². The molecule has 1 aromatic rings. The van der Waals surface area contributed by atoms with Gasteiger partial charge >= 0.3 is 0 Å². The number of benzene rings is 1. The molecule has 77 valence electrons. The number of anilines is 1. The lowest BCUT2D eigenvalue weighted by atomic mass is 10.0. The van der Waals surface area contributed by atoms with Gasteiger partial charge in [-0.3, -0.25) is 0 Å². The Bertz CT molecular complexity index is 280. The molecule has 0 bridgehead atoms. The van der Waals surface area contributed by atoms with Crippen molar-refractivity contribution in [2.24, 2.45) is 0 Å². The van der Waals surface area contributed by atoms with Crippen molar-refractivity contribution in [3.63, 3.8) is 0 Å². The summed E-state index contributed by atoms with van der Waals surface area (Å²) in [6, 6.07) is 7.56. The number of rotatable bonds is 3. The van der Waals surface area contributed by atoms with Crippen LogP contribution in [0.4, 0.5) is 5.69 Å². The van der Waals surface area contributed by atoms with E-state index in [0.717, 1.165) is 11.3 Å². The molecule has 3 nitrogen and oxygen atoms in total. The molecule has 0 amide bonds. The van der Waals surface area contributed by atoms with Crippen molar-refractivity contribution in [3.05, 3.63) is 36.8 Å². The van der Waals surface area contributed by atoms with Gasteiger partial charge < -0.3 is 15.1 Å². The van der Waals surface area contributed by atoms with Crippen LogP contribution in [0.5, 0.6) is 0 Å². The maximum atomic E-state index is 8.94. The summed E-state index contributed by atoms with van der Waals surface area (Å²) in [7, 11) is 3.91. The molecule has 1 aromatic carbocycles. The van der Waals surface area contributed by atoms with E-state index < -0.39 is 12.2 Å². The van der Waals surface area contributed by atoms with Crippen molar-refractivity contribution in [2.75, 3.05) is 19.0 Å². The molecule has 0 fully saturated rings. The van der Waals surface area contributed by atoms with Gasteiger partial charge in [-0.2, -0.15) is 0 Å². The summed E-state index contributed by atoms with van der Waals surface area (Å²) in [5.41, 5.74) is 1.90. The number of aliphatic hydroxyl groups excluding tert-OH is 1. The topological polar surface area (TPSA) is 43.7 Å². The van der Waals surface area contributed by atoms with Crippen molar-refractivity contribution >= 4 is 5.69 Å². The average molecular weight is 194 g/mol. The Labute approximate surface area is 84.6 Å². The van der Waals surface area contributed by atoms with Gasteiger partial charge in [-0.25, -0.2) is 0 Å². The van der Waals surface area contributed by atoms with Gasteiger partial charge in [0.15, 0.2) is 6.29 Å². The van der Waals surface area contributed by atoms with Crippen molar-refractivity contribution < 1.29 is 10.2 Å². The number of hydrogen-bond acceptors (Lipinski definition) is 3. The van der Waals surface area contributed by atoms with Gasteiger partial charge in [0, 0.05) is 25.7 Å². The summed E-state index contributed by atoms with van der Waals surface area (Å²) in [6.45, 7) is 3.67. The molecule has 14 heavy (non-hydrogen) atoms. The molecule has 0 saturated carbocycles. The highest BCUT2D eigenvalue weighted by Gasteiger charge is 2.12. The fourth-order valence-electron chi connectivity index (χ4n) is 1.19. The lowest BCUT2D eigenvalue weighted by Gasteiger charge is -2.16. The van der Waals surface area contributed by atoms with Crippen LogP contribution in [0.3, 0.4) is 0 Å². The van der Waals surface area contributed by atoms with E-state index in [2.05, 4.69) is 6.92 Å². The van der Waals surface area contributed by atoms with Gasteiger partial charge in [-0.05, 0) is 24.6 Å². The van der Waals surface area contributed by atoms with Crippen LogP contribution in [0.15, 0.2) is 24.3 Å². The Morgan fingerprint density at radius 2 is 1.64 bits per heavy atom. The molecule has 1 radical (unpaired) electrons. The zero-order valence-corrected chi connectivity index (χ0v) is 8.51. The SMILES string of the molecule is [CH2]C(c1ccc(N(C)C)cc1)C(O)O. The maximum absolute atomic E-state index is 8.94. The van der Waals surface area contributed by atoms with Gasteiger partial charge in [0.1, 0.15) is 0 Å². The summed E-state index contributed by atoms with van der Waals surface area (Å²) in [5, 5.41) is 17.9. The quantitative estimate of drug-likeness (QED) is 0.705. The van der Waals surface area contributed by atoms with Crippen molar-refractivity contribution in [3.8, 4) is 0 Å². The highest BCUT2D eigenvalue weighted by atomic mass is 16.5. The van der Waals surface area contributed by atoms with Gasteiger partial charge in [-0.1, -0.05) is 12.1 Å². The zero-order valence-electron chi connectivity index (χ0n) is 8.51. The van der Waals surface area contributed by atoms with Crippen molar-refractivity contribution in [1.82, 2.24) is 0 Å². The minimum absolute atomic E-state index is 0.494. The Balaban J connectivity index is 2.83. The summed E-state index contributed by atoms with van der Waals surface area (Å²) >= 11 is 0. The second kappa shape index (κ2) is 4.44. The summed E-state index contributed by atoms with van der Waals surface area (Å²) in [6.07, 6.45) is -1.40. The molecule has 1 atom stereocenters. The Hall–Kier alpha value is -1.06. The van der Waals surface area contributed by atoms with Gasteiger partial charge in [0.05, 0.1) is 0 Å². The Kier molecular flexibility index (Phi) is 3.49. The first-order chi connectivity index (χ1) is 6.52. The predicted molar refractivity (Wildman–Crippen MR) is 57.1 cm³/mol. The Morgan fingerprint density at radius 3 is 2.00 bits per heavy atom. The number of hydrogen-bond donors (Lipinski definition) is 2. The van der Waals surface area contributed by atoms with E-state index in [1.54, 1.807) is 0 Å². The predicted octanol–water partition coefficient (Wildman–Crippen LogP) is 0.981. The number of nitrogens with zero attached hydrogens (tertiary/aromatic N) is 1. The van der Waals surface area contributed by atoms with Crippen molar-refractivity contribution in [2.45, 2.75) is 12.2 Å². The molecular formula is C11H16NO2. The van der Waals surface area contributed by atoms with E-state index in [4.69, 9.17) is 10.2 Å². The van der Waals surface area contributed by atoms with Gasteiger partial charge in [-0.15, -0.1) is 0 Å². The molecule has 0 aliphatic heterocycles. The number of aliphatic hydroxyl groups is 2. The molecule has 2 N–H and O–H groups in total. The molecule has 0 aromatic heterocycles. The molecule has 1 rings (SSSR count). The second-order valence-electron chi connectivity index (χ2n) is 3.51. The summed E-state index contributed by atoms with van der Waals surface area (Å²) in [5.74, 6) is -0.494. The summed E-state index contributed by atoms with van der Waals surface area (Å²) in [4.78, 5) is 1.98. The standard InChI is InChI=1S/C11H16NO2/c1-8(11(13)14)9-4-6-10(7-5-9)12(2)3/h4-8,11,13-14H,1H2,2-3H3. The van der Waals surface area contributed by atoms with Crippen LogP contribution in [-0.4, -0.2) is 30.6 Å². The molecular weight excluding hydrogens is 178 g/mol. The van der Waals surface area contributed by atoms with Crippen LogP contribution < -0.4 is 4.90 Å². The lowest BCUT2D eigenvalue weighted by Crippen LogP contribution is -2.15. The molecule has 0 spiro atoms. The maximum Gasteiger partial charge on any atom is 0.158 e. The highest BCUT2D eigenvalue weighted by molar-refractivity contribution is 5.46. The lowest BCUT2D eigenvalue weighted by molar-refractivity contribution is -0.0503. The van der Waals surface area contributed by atoms with Crippen LogP contribution >= 0.6 is 0 Å². The minimum Gasteiger partial charge on any atom is -0.378 e. The van der Waals surface area contributed by atoms with Gasteiger partial charge in [0.25, 0.3) is 0 Å². The largest absolute Gasteiger partial charge is 0.378 e. The van der Waals surface area contributed by atoms with E-state index >= 15 is 0 Å². The minimum atomic E-state index is -1.40. The van der Waals surface area contributed by atoms with Crippen LogP contribution in [0, 0.1) is 6.92 Å². The fraction of sp³-hybridized carbons (Fsp3) is 0.364. The van der Waals surface area contributed by atoms with Crippen LogP contribution in [0.2, 0.25) is 0 Å². The van der Waals surface area contributed by atoms with Gasteiger partial charge in [0.2, 0.25) is 0 Å². The molecule has 0 heterocycles. The van der Waals surface area contributed by atoms with Crippen molar-refractivity contribution in [1.29, 1.82) is 0 Å². The molecule has 1 unspecified atom stereocenters. The fourth-order valence-corrected chi connectivity index (χ4v) is 1.19. The Morgan fingerprint density at radius 1 is 1.14 bits per heavy atom. The first-order valence-corrected chi connectivity index (χ1v) is 4.49. The molecule has 3 heteroatoms. The first kappa shape index (κ1) is 11.0. The highest BCUT2D eigenvalue weighted by Crippen LogP contribution is 2.20. The van der Waals surface area contributed by atoms with E-state index in [0.29, 0.717) is 0 Å². The zero-order chi connectivity index (χ0) is 10.7. The first-order valence-electron chi connectivity index (χ1n) is 4.49. The molecule has 0 aliphatic rings. The van der Waals surface area contributed by atoms with Crippen LogP contribution in [-0.2, 0) is 0 Å². The van der Waals surface area contributed by atoms with Crippen LogP contribution in [0.1, 0.15) is 11.5 Å². The van der Waals surface area contributed by atoms with E-state index in [9.17, 15) is 0 Å². The normalized spacial score (nSPS) is 13.0. The average Bonchev–Trinajstić information content (AvgIpc) is 2.16. The molecule has 0 saturated heterocycles. The third kappa shape index (κ3) is 2.47. The third-order valence-corrected chi connectivity index (χ3v) is 2.20. The van der Waals surface area contributed by atoms with E-state index in [1.165, 1.54) is 0 Å². The van der Waals surface area contributed by atoms with E-state index in [-0.39, 0.29) is 0 Å². The second-order valence-corrected chi connectivity index (χ2v) is 3.51. The third-order valence-electron chi connectivity index (χ3n) is 2.20. The molecule has 0 aliphatic carbocycles. The monoisotopic (exact) mass is 194 g/mol. The smallest absolute Gasteiger partial charge is 0.158 e.